The van der Waals surface area contributed by atoms with E-state index in [-0.39, 0.29) is 11.9 Å². The van der Waals surface area contributed by atoms with Gasteiger partial charge in [-0.25, -0.2) is 0 Å². The number of hydrogen-bond donors (Lipinski definition) is 1. The molecular weight excluding hydrogens is 354 g/mol. The van der Waals surface area contributed by atoms with Crippen LogP contribution in [0.3, 0.4) is 0 Å². The molecule has 3 aromatic rings. The molecule has 144 valence electrons. The van der Waals surface area contributed by atoms with Crippen LogP contribution < -0.4 is 14.8 Å². The van der Waals surface area contributed by atoms with Gasteiger partial charge in [0, 0.05) is 29.3 Å². The van der Waals surface area contributed by atoms with Crippen LogP contribution >= 0.6 is 0 Å². The minimum absolute atomic E-state index is 0.0750. The van der Waals surface area contributed by atoms with Crippen LogP contribution in [0.25, 0.3) is 11.3 Å². The van der Waals surface area contributed by atoms with Gasteiger partial charge in [-0.2, -0.15) is 0 Å². The summed E-state index contributed by atoms with van der Waals surface area (Å²) in [6.07, 6.45) is 0.892. The molecule has 28 heavy (non-hydrogen) atoms. The molecule has 1 heterocycles. The highest BCUT2D eigenvalue weighted by Gasteiger charge is 2.09. The van der Waals surface area contributed by atoms with Crippen LogP contribution in [0.4, 0.5) is 0 Å². The lowest BCUT2D eigenvalue weighted by Gasteiger charge is -2.11. The van der Waals surface area contributed by atoms with Gasteiger partial charge in [-0.3, -0.25) is 4.79 Å². The summed E-state index contributed by atoms with van der Waals surface area (Å²) >= 11 is 0. The minimum atomic E-state index is -0.0750. The van der Waals surface area contributed by atoms with Crippen molar-refractivity contribution in [3.63, 3.8) is 0 Å². The van der Waals surface area contributed by atoms with Crippen molar-refractivity contribution in [3.05, 3.63) is 66.2 Å². The average molecular weight is 377 g/mol. The first-order valence-corrected chi connectivity index (χ1v) is 9.16. The summed E-state index contributed by atoms with van der Waals surface area (Å²) in [6, 6.07) is 18.3. The van der Waals surface area contributed by atoms with Crippen molar-refractivity contribution in [3.8, 4) is 28.6 Å². The molecule has 3 rings (SSSR count). The van der Waals surface area contributed by atoms with Crippen molar-refractivity contribution < 1.29 is 14.3 Å². The maximum absolute atomic E-state index is 12.2. The van der Waals surface area contributed by atoms with Gasteiger partial charge in [0.05, 0.1) is 12.8 Å². The molecule has 0 aliphatic rings. The summed E-state index contributed by atoms with van der Waals surface area (Å²) in [6.45, 7) is 4.02. The summed E-state index contributed by atoms with van der Waals surface area (Å²) in [4.78, 5) is 12.2. The van der Waals surface area contributed by atoms with Gasteiger partial charge < -0.3 is 14.8 Å². The number of ether oxygens (including phenoxy) is 2. The third-order valence-electron chi connectivity index (χ3n) is 4.34. The topological polar surface area (TPSA) is 73.3 Å². The van der Waals surface area contributed by atoms with Gasteiger partial charge in [-0.15, -0.1) is 10.2 Å². The van der Waals surface area contributed by atoms with Crippen LogP contribution in [0.2, 0.25) is 0 Å². The van der Waals surface area contributed by atoms with Crippen LogP contribution in [0.1, 0.15) is 30.6 Å². The monoisotopic (exact) mass is 377 g/mol. The summed E-state index contributed by atoms with van der Waals surface area (Å²) in [7, 11) is 1.60. The molecule has 0 fully saturated rings. The smallest absolute Gasteiger partial charge is 0.251 e. The Morgan fingerprint density at radius 1 is 1.04 bits per heavy atom. The Bertz CT molecular complexity index is 925. The Morgan fingerprint density at radius 2 is 1.79 bits per heavy atom. The van der Waals surface area contributed by atoms with Gasteiger partial charge in [-0.1, -0.05) is 25.1 Å². The third kappa shape index (κ3) is 4.85. The van der Waals surface area contributed by atoms with E-state index in [1.165, 1.54) is 0 Å². The van der Waals surface area contributed by atoms with Crippen molar-refractivity contribution in [1.29, 1.82) is 0 Å². The highest BCUT2D eigenvalue weighted by Crippen LogP contribution is 2.25. The number of hydrogen-bond acceptors (Lipinski definition) is 5. The average Bonchev–Trinajstić information content (AvgIpc) is 2.74. The fraction of sp³-hybridized carbons (Fsp3) is 0.227. The fourth-order valence-electron chi connectivity index (χ4n) is 2.52. The lowest BCUT2D eigenvalue weighted by atomic mass is 10.1. The molecular formula is C22H23N3O3. The fourth-order valence-corrected chi connectivity index (χ4v) is 2.52. The summed E-state index contributed by atoms with van der Waals surface area (Å²) in [5.74, 6) is 1.65. The standard InChI is InChI=1S/C22H23N3O3/c1-4-15(2)23-22(26)17-10-8-16(9-11-17)20-12-13-21(25-24-20)28-19-7-5-6-18(14-19)27-3/h5-15H,4H2,1-3H3,(H,23,26)/t15-/m0/s1. The first kappa shape index (κ1) is 19.4. The number of nitrogens with zero attached hydrogens (tertiary/aromatic N) is 2. The molecule has 1 amide bonds. The van der Waals surface area contributed by atoms with Crippen molar-refractivity contribution >= 4 is 5.91 Å². The van der Waals surface area contributed by atoms with Gasteiger partial charge in [0.1, 0.15) is 11.5 Å². The molecule has 1 N–H and O–H groups in total. The highest BCUT2D eigenvalue weighted by molar-refractivity contribution is 5.94. The Morgan fingerprint density at radius 3 is 2.43 bits per heavy atom. The molecule has 0 aliphatic heterocycles. The number of nitrogens with one attached hydrogen (secondary N) is 1. The molecule has 0 saturated heterocycles. The van der Waals surface area contributed by atoms with Crippen molar-refractivity contribution in [2.24, 2.45) is 0 Å². The van der Waals surface area contributed by atoms with E-state index >= 15 is 0 Å². The maximum atomic E-state index is 12.2. The highest BCUT2D eigenvalue weighted by atomic mass is 16.5. The van der Waals surface area contributed by atoms with Crippen LogP contribution in [-0.2, 0) is 0 Å². The molecule has 0 radical (unpaired) electrons. The second-order valence-electron chi connectivity index (χ2n) is 6.40. The predicted octanol–water partition coefficient (Wildman–Crippen LogP) is 4.47. The van der Waals surface area contributed by atoms with E-state index in [9.17, 15) is 4.79 Å². The molecule has 2 aromatic carbocycles. The first-order chi connectivity index (χ1) is 13.6. The van der Waals surface area contributed by atoms with Crippen LogP contribution in [-0.4, -0.2) is 29.3 Å². The van der Waals surface area contributed by atoms with Crippen molar-refractivity contribution in [1.82, 2.24) is 15.5 Å². The van der Waals surface area contributed by atoms with Gasteiger partial charge in [0.25, 0.3) is 5.91 Å². The quantitative estimate of drug-likeness (QED) is 0.657. The number of amides is 1. The van der Waals surface area contributed by atoms with E-state index in [0.717, 1.165) is 12.0 Å². The number of aromatic nitrogens is 2. The van der Waals surface area contributed by atoms with Crippen LogP contribution in [0.5, 0.6) is 17.4 Å². The number of carbonyl (C=O) groups excluding carboxylic acids is 1. The SMILES string of the molecule is CC[C@H](C)NC(=O)c1ccc(-c2ccc(Oc3cccc(OC)c3)nn2)cc1. The van der Waals surface area contributed by atoms with E-state index in [1.54, 1.807) is 31.4 Å². The zero-order valence-corrected chi connectivity index (χ0v) is 16.2. The molecule has 0 aliphatic carbocycles. The Labute approximate surface area is 164 Å². The van der Waals surface area contributed by atoms with Gasteiger partial charge >= 0.3 is 0 Å². The molecule has 0 unspecified atom stereocenters. The largest absolute Gasteiger partial charge is 0.497 e. The Hall–Kier alpha value is -3.41. The number of rotatable bonds is 7. The number of methoxy groups -OCH3 is 1. The molecule has 1 aromatic heterocycles. The lowest BCUT2D eigenvalue weighted by Crippen LogP contribution is -2.31. The minimum Gasteiger partial charge on any atom is -0.497 e. The van der Waals surface area contributed by atoms with E-state index in [4.69, 9.17) is 9.47 Å². The summed E-state index contributed by atoms with van der Waals surface area (Å²) in [5.41, 5.74) is 2.20. The second kappa shape index (κ2) is 8.99. The van der Waals surface area contributed by atoms with Gasteiger partial charge in [0.15, 0.2) is 0 Å². The lowest BCUT2D eigenvalue weighted by molar-refractivity contribution is 0.0939. The van der Waals surface area contributed by atoms with Gasteiger partial charge in [0.2, 0.25) is 5.88 Å². The van der Waals surface area contributed by atoms with Crippen molar-refractivity contribution in [2.45, 2.75) is 26.3 Å². The normalized spacial score (nSPS) is 11.5. The number of benzene rings is 2. The zero-order valence-electron chi connectivity index (χ0n) is 16.2. The van der Waals surface area contributed by atoms with E-state index in [0.29, 0.717) is 28.6 Å². The van der Waals surface area contributed by atoms with Crippen molar-refractivity contribution in [2.75, 3.05) is 7.11 Å². The van der Waals surface area contributed by atoms with Gasteiger partial charge in [-0.05, 0) is 43.7 Å². The van der Waals surface area contributed by atoms with Crippen LogP contribution in [0.15, 0.2) is 60.7 Å². The molecule has 1 atom stereocenters. The third-order valence-corrected chi connectivity index (χ3v) is 4.34. The Kier molecular flexibility index (Phi) is 6.22. The summed E-state index contributed by atoms with van der Waals surface area (Å²) in [5, 5.41) is 11.3. The summed E-state index contributed by atoms with van der Waals surface area (Å²) < 4.78 is 10.9. The molecule has 0 saturated carbocycles. The zero-order chi connectivity index (χ0) is 19.9. The molecule has 6 nitrogen and oxygen atoms in total. The molecule has 0 spiro atoms. The van der Waals surface area contributed by atoms with E-state index in [2.05, 4.69) is 15.5 Å². The van der Waals surface area contributed by atoms with Crippen LogP contribution in [0, 0.1) is 0 Å². The Balaban J connectivity index is 1.68. The number of carbonyl (C=O) groups is 1. The first-order valence-electron chi connectivity index (χ1n) is 9.16. The molecule has 0 bridgehead atoms. The second-order valence-corrected chi connectivity index (χ2v) is 6.40. The van der Waals surface area contributed by atoms with E-state index < -0.39 is 0 Å². The molecule has 6 heteroatoms. The predicted molar refractivity (Wildman–Crippen MR) is 108 cm³/mol. The van der Waals surface area contributed by atoms with E-state index in [1.807, 2.05) is 50.2 Å². The maximum Gasteiger partial charge on any atom is 0.251 e.